The van der Waals surface area contributed by atoms with Gasteiger partial charge in [0.2, 0.25) is 5.91 Å². The minimum atomic E-state index is -0.251. The van der Waals surface area contributed by atoms with Gasteiger partial charge in [-0.15, -0.1) is 0 Å². The fraction of sp³-hybridized carbons (Fsp3) is 0.562. The van der Waals surface area contributed by atoms with Gasteiger partial charge < -0.3 is 0 Å². The molecule has 3 aliphatic carbocycles. The third-order valence-electron chi connectivity index (χ3n) is 5.33. The molecule has 0 aromatic carbocycles. The van der Waals surface area contributed by atoms with Crippen LogP contribution in [0, 0.1) is 29.6 Å². The standard InChI is InChI=1S/C16H18N2O3/c19-14(9-4-2-1-3-5-9)17-18-15(20)12-10-6-7-11(8-10)13(12)16(18)21/h1-2,6-7,9-13H,3-5,8H2,(H,17,19)/t9-,10+,11+,12+,13+/m1/s1. The summed E-state index contributed by atoms with van der Waals surface area (Å²) in [7, 11) is 0. The smallest absolute Gasteiger partial charge is 0.252 e. The van der Waals surface area contributed by atoms with Crippen LogP contribution in [-0.2, 0) is 14.4 Å². The molecular formula is C16H18N2O3. The quantitative estimate of drug-likeness (QED) is 0.612. The number of imide groups is 1. The fourth-order valence-corrected chi connectivity index (χ4v) is 4.25. The Labute approximate surface area is 123 Å². The van der Waals surface area contributed by atoms with E-state index in [-0.39, 0.29) is 47.3 Å². The zero-order chi connectivity index (χ0) is 14.6. The van der Waals surface area contributed by atoms with Crippen LogP contribution in [0.2, 0.25) is 0 Å². The zero-order valence-electron chi connectivity index (χ0n) is 11.7. The van der Waals surface area contributed by atoms with Crippen molar-refractivity contribution in [1.29, 1.82) is 0 Å². The Morgan fingerprint density at radius 1 is 1.10 bits per heavy atom. The number of hydrazine groups is 1. The Balaban J connectivity index is 1.49. The summed E-state index contributed by atoms with van der Waals surface area (Å²) in [6.07, 6.45) is 11.4. The first-order valence-electron chi connectivity index (χ1n) is 7.68. The number of nitrogens with one attached hydrogen (secondary N) is 1. The Bertz CT molecular complexity index is 550. The molecule has 1 N–H and O–H groups in total. The Morgan fingerprint density at radius 3 is 2.33 bits per heavy atom. The van der Waals surface area contributed by atoms with Gasteiger partial charge >= 0.3 is 0 Å². The first-order chi connectivity index (χ1) is 10.2. The average molecular weight is 286 g/mol. The maximum absolute atomic E-state index is 12.4. The van der Waals surface area contributed by atoms with Gasteiger partial charge in [-0.3, -0.25) is 19.8 Å². The van der Waals surface area contributed by atoms with Crippen LogP contribution in [-0.4, -0.2) is 22.7 Å². The molecule has 0 radical (unpaired) electrons. The molecule has 3 amide bonds. The van der Waals surface area contributed by atoms with Gasteiger partial charge in [-0.05, 0) is 37.5 Å². The molecule has 2 fully saturated rings. The molecule has 1 saturated carbocycles. The van der Waals surface area contributed by atoms with E-state index in [2.05, 4.69) is 11.5 Å². The van der Waals surface area contributed by atoms with Crippen LogP contribution in [0.5, 0.6) is 0 Å². The molecule has 110 valence electrons. The van der Waals surface area contributed by atoms with E-state index in [1.807, 2.05) is 18.2 Å². The number of allylic oxidation sites excluding steroid dienone is 4. The van der Waals surface area contributed by atoms with Crippen molar-refractivity contribution < 1.29 is 14.4 Å². The minimum absolute atomic E-state index is 0.133. The SMILES string of the molecule is O=C(NN1C(=O)[C@@H]2[C@@H](C1=O)[C@H]1C=C[C@H]2C1)[C@@H]1CC=CCC1. The first-order valence-corrected chi connectivity index (χ1v) is 7.68. The Morgan fingerprint density at radius 2 is 1.76 bits per heavy atom. The van der Waals surface area contributed by atoms with Crippen molar-refractivity contribution >= 4 is 17.7 Å². The number of carbonyl (C=O) groups is 3. The summed E-state index contributed by atoms with van der Waals surface area (Å²) in [6, 6.07) is 0. The highest BCUT2D eigenvalue weighted by molar-refractivity contribution is 6.07. The van der Waals surface area contributed by atoms with E-state index in [1.165, 1.54) is 0 Å². The summed E-state index contributed by atoms with van der Waals surface area (Å²) in [4.78, 5) is 37.1. The van der Waals surface area contributed by atoms with Gasteiger partial charge in [0.15, 0.2) is 0 Å². The van der Waals surface area contributed by atoms with E-state index in [0.717, 1.165) is 24.3 Å². The second kappa shape index (κ2) is 4.55. The van der Waals surface area contributed by atoms with E-state index in [1.54, 1.807) is 0 Å². The van der Waals surface area contributed by atoms with Gasteiger partial charge in [0.1, 0.15) is 0 Å². The lowest BCUT2D eigenvalue weighted by atomic mass is 9.85. The summed E-state index contributed by atoms with van der Waals surface area (Å²) in [5.74, 6) is -0.930. The molecule has 0 spiro atoms. The third-order valence-corrected chi connectivity index (χ3v) is 5.33. The molecule has 2 bridgehead atoms. The van der Waals surface area contributed by atoms with Crippen molar-refractivity contribution in [3.63, 3.8) is 0 Å². The first kappa shape index (κ1) is 12.8. The lowest BCUT2D eigenvalue weighted by molar-refractivity contribution is -0.151. The van der Waals surface area contributed by atoms with E-state index in [0.29, 0.717) is 6.42 Å². The van der Waals surface area contributed by atoms with E-state index >= 15 is 0 Å². The monoisotopic (exact) mass is 286 g/mol. The Kier molecular flexibility index (Phi) is 2.77. The van der Waals surface area contributed by atoms with Crippen LogP contribution in [0.3, 0.4) is 0 Å². The predicted molar refractivity (Wildman–Crippen MR) is 74.2 cm³/mol. The zero-order valence-corrected chi connectivity index (χ0v) is 11.7. The van der Waals surface area contributed by atoms with Crippen molar-refractivity contribution in [2.24, 2.45) is 29.6 Å². The molecule has 0 aromatic rings. The summed E-state index contributed by atoms with van der Waals surface area (Å²) >= 11 is 0. The average Bonchev–Trinajstić information content (AvgIpc) is 3.18. The summed E-state index contributed by atoms with van der Waals surface area (Å²) < 4.78 is 0. The lowest BCUT2D eigenvalue weighted by Gasteiger charge is -2.22. The number of hydrogen-bond donors (Lipinski definition) is 1. The maximum atomic E-state index is 12.4. The molecule has 1 aliphatic heterocycles. The lowest BCUT2D eigenvalue weighted by Crippen LogP contribution is -2.49. The van der Waals surface area contributed by atoms with E-state index in [9.17, 15) is 14.4 Å². The molecule has 5 atom stereocenters. The van der Waals surface area contributed by atoms with Crippen LogP contribution in [0.1, 0.15) is 25.7 Å². The van der Waals surface area contributed by atoms with Gasteiger partial charge in [-0.2, -0.15) is 5.01 Å². The number of hydrogen-bond acceptors (Lipinski definition) is 3. The topological polar surface area (TPSA) is 66.5 Å². The maximum Gasteiger partial charge on any atom is 0.252 e. The number of fused-ring (bicyclic) bond motifs is 5. The second-order valence-corrected chi connectivity index (χ2v) is 6.47. The largest absolute Gasteiger partial charge is 0.273 e. The van der Waals surface area contributed by atoms with Crippen LogP contribution >= 0.6 is 0 Å². The number of amides is 3. The minimum Gasteiger partial charge on any atom is -0.273 e. The normalized spacial score (nSPS) is 40.0. The van der Waals surface area contributed by atoms with Gasteiger partial charge in [-0.1, -0.05) is 24.3 Å². The molecule has 21 heavy (non-hydrogen) atoms. The van der Waals surface area contributed by atoms with Crippen LogP contribution in [0.25, 0.3) is 0 Å². The molecule has 5 nitrogen and oxygen atoms in total. The Hall–Kier alpha value is -1.91. The van der Waals surface area contributed by atoms with Gasteiger partial charge in [0.25, 0.3) is 11.8 Å². The van der Waals surface area contributed by atoms with Crippen LogP contribution in [0.15, 0.2) is 24.3 Å². The highest BCUT2D eigenvalue weighted by atomic mass is 16.2. The molecule has 1 saturated heterocycles. The second-order valence-electron chi connectivity index (χ2n) is 6.47. The molecule has 0 unspecified atom stereocenters. The molecule has 5 heteroatoms. The predicted octanol–water partition coefficient (Wildman–Crippen LogP) is 1.18. The number of rotatable bonds is 2. The number of carbonyl (C=O) groups excluding carboxylic acids is 3. The van der Waals surface area contributed by atoms with E-state index in [4.69, 9.17) is 0 Å². The van der Waals surface area contributed by atoms with Crippen molar-refractivity contribution in [3.05, 3.63) is 24.3 Å². The summed E-state index contributed by atoms with van der Waals surface area (Å²) in [5.41, 5.74) is 2.58. The molecular weight excluding hydrogens is 268 g/mol. The molecule has 4 aliphatic rings. The number of nitrogens with zero attached hydrogens (tertiary/aromatic N) is 1. The van der Waals surface area contributed by atoms with Gasteiger partial charge in [-0.25, -0.2) is 0 Å². The molecule has 1 heterocycles. The highest BCUT2D eigenvalue weighted by Crippen LogP contribution is 2.52. The summed E-state index contributed by atoms with van der Waals surface area (Å²) in [5, 5.41) is 1.00. The molecule has 0 aromatic heterocycles. The summed E-state index contributed by atoms with van der Waals surface area (Å²) in [6.45, 7) is 0. The van der Waals surface area contributed by atoms with Gasteiger partial charge in [0, 0.05) is 5.92 Å². The van der Waals surface area contributed by atoms with Crippen molar-refractivity contribution in [3.8, 4) is 0 Å². The fourth-order valence-electron chi connectivity index (χ4n) is 4.25. The van der Waals surface area contributed by atoms with Gasteiger partial charge in [0.05, 0.1) is 11.8 Å². The van der Waals surface area contributed by atoms with Crippen molar-refractivity contribution in [2.75, 3.05) is 0 Å². The third kappa shape index (κ3) is 1.79. The van der Waals surface area contributed by atoms with Crippen molar-refractivity contribution in [2.45, 2.75) is 25.7 Å². The van der Waals surface area contributed by atoms with Crippen LogP contribution < -0.4 is 5.43 Å². The van der Waals surface area contributed by atoms with E-state index < -0.39 is 0 Å². The van der Waals surface area contributed by atoms with Crippen LogP contribution in [0.4, 0.5) is 0 Å². The highest BCUT2D eigenvalue weighted by Gasteiger charge is 2.59. The van der Waals surface area contributed by atoms with Crippen molar-refractivity contribution in [1.82, 2.24) is 10.4 Å². The molecule has 4 rings (SSSR count).